The molecule has 3 aromatic rings. The molecule has 0 radical (unpaired) electrons. The molecule has 0 bridgehead atoms. The smallest absolute Gasteiger partial charge is 0.231 e. The van der Waals surface area contributed by atoms with Gasteiger partial charge in [0.25, 0.3) is 0 Å². The summed E-state index contributed by atoms with van der Waals surface area (Å²) in [6, 6.07) is 18.8. The molecule has 0 saturated carbocycles. The van der Waals surface area contributed by atoms with E-state index >= 15 is 0 Å². The van der Waals surface area contributed by atoms with Crippen LogP contribution >= 0.6 is 23.2 Å². The van der Waals surface area contributed by atoms with Gasteiger partial charge in [-0.25, -0.2) is 0 Å². The Labute approximate surface area is 177 Å². The Morgan fingerprint density at radius 1 is 0.966 bits per heavy atom. The van der Waals surface area contributed by atoms with Crippen LogP contribution in [-0.4, -0.2) is 18.2 Å². The van der Waals surface area contributed by atoms with Crippen LogP contribution in [0.25, 0.3) is 6.08 Å². The third-order valence-electron chi connectivity index (χ3n) is 4.38. The van der Waals surface area contributed by atoms with E-state index in [-0.39, 0.29) is 23.9 Å². The summed E-state index contributed by atoms with van der Waals surface area (Å²) in [5, 5.41) is 0.835. The maximum atomic E-state index is 12.6. The van der Waals surface area contributed by atoms with E-state index in [2.05, 4.69) is 0 Å². The van der Waals surface area contributed by atoms with Crippen molar-refractivity contribution in [1.82, 2.24) is 0 Å². The van der Waals surface area contributed by atoms with Crippen molar-refractivity contribution >= 4 is 40.8 Å². The maximum absolute atomic E-state index is 12.6. The van der Waals surface area contributed by atoms with Gasteiger partial charge in [-0.05, 0) is 30.3 Å². The third-order valence-corrected chi connectivity index (χ3v) is 5.04. The van der Waals surface area contributed by atoms with Gasteiger partial charge < -0.3 is 9.47 Å². The highest BCUT2D eigenvalue weighted by Gasteiger charge is 2.28. The molecule has 1 aliphatic heterocycles. The van der Waals surface area contributed by atoms with Gasteiger partial charge in [0.2, 0.25) is 5.78 Å². The fraction of sp³-hybridized carbons (Fsp3) is 0.0435. The Hall–Kier alpha value is -3.08. The molecule has 4 rings (SSSR count). The van der Waals surface area contributed by atoms with Crippen molar-refractivity contribution in [2.24, 2.45) is 0 Å². The first-order valence-electron chi connectivity index (χ1n) is 8.76. The number of ketones is 2. The van der Waals surface area contributed by atoms with E-state index in [1.807, 2.05) is 6.07 Å². The summed E-state index contributed by atoms with van der Waals surface area (Å²) in [5.41, 5.74) is 1.49. The van der Waals surface area contributed by atoms with Gasteiger partial charge in [0.15, 0.2) is 18.1 Å². The lowest BCUT2D eigenvalue weighted by molar-refractivity contribution is 0.0921. The summed E-state index contributed by atoms with van der Waals surface area (Å²) in [6.07, 6.45) is 1.52. The van der Waals surface area contributed by atoms with Gasteiger partial charge in [0, 0.05) is 27.2 Å². The van der Waals surface area contributed by atoms with Gasteiger partial charge >= 0.3 is 0 Å². The monoisotopic (exact) mass is 424 g/mol. The second-order valence-corrected chi connectivity index (χ2v) is 7.13. The molecule has 0 spiro atoms. The quantitative estimate of drug-likeness (QED) is 0.379. The number of carbonyl (C=O) groups excluding carboxylic acids is 2. The zero-order valence-corrected chi connectivity index (χ0v) is 16.5. The molecule has 3 aromatic carbocycles. The van der Waals surface area contributed by atoms with E-state index in [1.54, 1.807) is 60.7 Å². The minimum Gasteiger partial charge on any atom is -0.485 e. The predicted molar refractivity (Wildman–Crippen MR) is 112 cm³/mol. The van der Waals surface area contributed by atoms with Crippen LogP contribution < -0.4 is 9.47 Å². The molecule has 0 aliphatic carbocycles. The number of hydrogen-bond acceptors (Lipinski definition) is 4. The molecule has 0 saturated heterocycles. The van der Waals surface area contributed by atoms with Crippen LogP contribution in [0.5, 0.6) is 11.5 Å². The van der Waals surface area contributed by atoms with Crippen molar-refractivity contribution < 1.29 is 19.1 Å². The second kappa shape index (κ2) is 8.11. The van der Waals surface area contributed by atoms with E-state index in [4.69, 9.17) is 32.7 Å². The fourth-order valence-electron chi connectivity index (χ4n) is 2.89. The Morgan fingerprint density at radius 3 is 2.41 bits per heavy atom. The number of Topliss-reactive ketones (excluding diaryl/α,β-unsaturated/α-hetero) is 2. The molecule has 0 unspecified atom stereocenters. The third kappa shape index (κ3) is 4.04. The number of rotatable bonds is 5. The first-order valence-corrected chi connectivity index (χ1v) is 9.52. The minimum atomic E-state index is -0.275. The van der Waals surface area contributed by atoms with E-state index in [1.165, 1.54) is 6.08 Å². The van der Waals surface area contributed by atoms with E-state index in [9.17, 15) is 9.59 Å². The second-order valence-electron chi connectivity index (χ2n) is 6.31. The topological polar surface area (TPSA) is 52.6 Å². The van der Waals surface area contributed by atoms with Crippen LogP contribution in [-0.2, 0) is 0 Å². The van der Waals surface area contributed by atoms with Crippen LogP contribution in [0, 0.1) is 0 Å². The van der Waals surface area contributed by atoms with E-state index in [0.717, 1.165) is 0 Å². The molecule has 1 aliphatic rings. The van der Waals surface area contributed by atoms with Gasteiger partial charge in [0.1, 0.15) is 11.5 Å². The van der Waals surface area contributed by atoms with Crippen molar-refractivity contribution in [2.45, 2.75) is 0 Å². The Balaban J connectivity index is 1.52. The molecular weight excluding hydrogens is 411 g/mol. The number of hydrogen-bond donors (Lipinski definition) is 0. The normalized spacial score (nSPS) is 13.9. The van der Waals surface area contributed by atoms with Crippen LogP contribution in [0.3, 0.4) is 0 Å². The minimum absolute atomic E-state index is 0.116. The van der Waals surface area contributed by atoms with Crippen LogP contribution in [0.15, 0.2) is 72.5 Å². The highest BCUT2D eigenvalue weighted by atomic mass is 35.5. The van der Waals surface area contributed by atoms with Crippen molar-refractivity contribution in [3.05, 3.63) is 99.2 Å². The van der Waals surface area contributed by atoms with E-state index in [0.29, 0.717) is 38.2 Å². The summed E-state index contributed by atoms with van der Waals surface area (Å²) in [6.45, 7) is -0.116. The lowest BCUT2D eigenvalue weighted by Crippen LogP contribution is -2.11. The summed E-state index contributed by atoms with van der Waals surface area (Å²) in [4.78, 5) is 24.8. The number of halogens is 2. The first kappa shape index (κ1) is 19.2. The molecule has 0 aromatic heterocycles. The highest BCUT2D eigenvalue weighted by Crippen LogP contribution is 2.36. The number of ether oxygens (including phenoxy) is 2. The molecule has 0 atom stereocenters. The van der Waals surface area contributed by atoms with Crippen LogP contribution in [0.1, 0.15) is 26.3 Å². The molecule has 144 valence electrons. The lowest BCUT2D eigenvalue weighted by atomic mass is 10.1. The zero-order valence-electron chi connectivity index (χ0n) is 15.0. The van der Waals surface area contributed by atoms with Crippen molar-refractivity contribution in [3.8, 4) is 11.5 Å². The molecule has 0 fully saturated rings. The molecule has 0 N–H and O–H groups in total. The summed E-state index contributed by atoms with van der Waals surface area (Å²) in [7, 11) is 0. The van der Waals surface area contributed by atoms with Gasteiger partial charge in [-0.3, -0.25) is 9.59 Å². The largest absolute Gasteiger partial charge is 0.485 e. The molecular formula is C23H14Cl2O4. The fourth-order valence-corrected chi connectivity index (χ4v) is 3.40. The van der Waals surface area contributed by atoms with Crippen LogP contribution in [0.2, 0.25) is 10.0 Å². The molecule has 1 heterocycles. The average molecular weight is 425 g/mol. The van der Waals surface area contributed by atoms with Crippen molar-refractivity contribution in [1.29, 1.82) is 0 Å². The summed E-state index contributed by atoms with van der Waals surface area (Å²) < 4.78 is 11.3. The zero-order chi connectivity index (χ0) is 20.4. The molecule has 0 amide bonds. The Kier molecular flexibility index (Phi) is 5.38. The highest BCUT2D eigenvalue weighted by molar-refractivity contribution is 6.37. The molecule has 29 heavy (non-hydrogen) atoms. The maximum Gasteiger partial charge on any atom is 0.231 e. The molecule has 4 nitrogen and oxygen atoms in total. The SMILES string of the molecule is O=C(COc1ccc2c(c1)O/C(=C\c1c(Cl)cccc1Cl)C2=O)c1ccccc1. The standard InChI is InChI=1S/C23H14Cl2O4/c24-18-7-4-8-19(25)17(18)12-22-23(27)16-10-9-15(11-21(16)29-22)28-13-20(26)14-5-2-1-3-6-14/h1-12H,13H2/b22-12-. The number of carbonyl (C=O) groups is 2. The van der Waals surface area contributed by atoms with Gasteiger partial charge in [0.05, 0.1) is 5.56 Å². The van der Waals surface area contributed by atoms with Crippen LogP contribution in [0.4, 0.5) is 0 Å². The first-order chi connectivity index (χ1) is 14.0. The van der Waals surface area contributed by atoms with Crippen molar-refractivity contribution in [3.63, 3.8) is 0 Å². The Bertz CT molecular complexity index is 1120. The van der Waals surface area contributed by atoms with Gasteiger partial charge in [-0.15, -0.1) is 0 Å². The number of benzene rings is 3. The predicted octanol–water partition coefficient (Wildman–Crippen LogP) is 5.87. The Morgan fingerprint density at radius 2 is 1.69 bits per heavy atom. The van der Waals surface area contributed by atoms with Gasteiger partial charge in [-0.2, -0.15) is 0 Å². The average Bonchev–Trinajstić information content (AvgIpc) is 3.04. The van der Waals surface area contributed by atoms with E-state index < -0.39 is 0 Å². The summed E-state index contributed by atoms with van der Waals surface area (Å²) >= 11 is 12.3. The van der Waals surface area contributed by atoms with Crippen molar-refractivity contribution in [2.75, 3.05) is 6.61 Å². The summed E-state index contributed by atoms with van der Waals surface area (Å²) in [5.74, 6) is 0.486. The number of allylic oxidation sites excluding steroid dienone is 1. The van der Waals surface area contributed by atoms with Gasteiger partial charge in [-0.1, -0.05) is 59.6 Å². The number of fused-ring (bicyclic) bond motifs is 1. The lowest BCUT2D eigenvalue weighted by Gasteiger charge is -2.07. The molecule has 6 heteroatoms.